The molecule has 0 aromatic heterocycles. The summed E-state index contributed by atoms with van der Waals surface area (Å²) in [6, 6.07) is 0. The van der Waals surface area contributed by atoms with Gasteiger partial charge in [-0.2, -0.15) is 0 Å². The van der Waals surface area contributed by atoms with Crippen LogP contribution >= 0.6 is 18.0 Å². The summed E-state index contributed by atoms with van der Waals surface area (Å²) in [7, 11) is 0. The van der Waals surface area contributed by atoms with Crippen LogP contribution in [0.2, 0.25) is 0 Å². The van der Waals surface area contributed by atoms with E-state index in [0.29, 0.717) is 31.2 Å². The van der Waals surface area contributed by atoms with Gasteiger partial charge in [0.2, 0.25) is 6.41 Å². The van der Waals surface area contributed by atoms with Crippen molar-refractivity contribution in [3.8, 4) is 0 Å². The van der Waals surface area contributed by atoms with Gasteiger partial charge in [0.05, 0.1) is 13.0 Å². The number of hydrogen-bond acceptors (Lipinski definition) is 5. The molecule has 0 fully saturated rings. The highest BCUT2D eigenvalue weighted by molar-refractivity contribution is 8.56. The van der Waals surface area contributed by atoms with Crippen molar-refractivity contribution in [2.24, 2.45) is 5.92 Å². The number of carbonyl (C=O) groups is 2. The Bertz CT molecular complexity index is 368. The molecule has 6 nitrogen and oxygen atoms in total. The van der Waals surface area contributed by atoms with Gasteiger partial charge in [0.15, 0.2) is 0 Å². The van der Waals surface area contributed by atoms with Crippen LogP contribution in [-0.2, 0) is 18.9 Å². The van der Waals surface area contributed by atoms with Gasteiger partial charge < -0.3 is 4.74 Å². The number of esters is 1. The Morgan fingerprint density at radius 3 is 2.57 bits per heavy atom. The summed E-state index contributed by atoms with van der Waals surface area (Å²) in [6.45, 7) is 5.55. The fraction of sp³-hybridized carbons (Fsp3) is 0.846. The molecule has 124 valence electrons. The molecule has 0 aromatic carbocycles. The Morgan fingerprint density at radius 1 is 1.43 bits per heavy atom. The first-order chi connectivity index (χ1) is 9.93. The molecule has 0 bridgehead atoms. The Hall–Kier alpha value is -0.520. The molecule has 0 rings (SSSR count). The Kier molecular flexibility index (Phi) is 10.8. The molecular formula is C13H27N2O4PS. The van der Waals surface area contributed by atoms with Crippen molar-refractivity contribution in [2.45, 2.75) is 40.5 Å². The molecule has 21 heavy (non-hydrogen) atoms. The van der Waals surface area contributed by atoms with E-state index in [4.69, 9.17) is 4.74 Å². The Morgan fingerprint density at radius 2 is 2.10 bits per heavy atom. The van der Waals surface area contributed by atoms with Crippen LogP contribution < -0.4 is 5.09 Å². The maximum absolute atomic E-state index is 12.9. The lowest BCUT2D eigenvalue weighted by Crippen LogP contribution is -2.28. The third-order valence-electron chi connectivity index (χ3n) is 2.90. The smallest absolute Gasteiger partial charge is 0.307 e. The molecule has 0 aliphatic carbocycles. The summed E-state index contributed by atoms with van der Waals surface area (Å²) < 4.78 is 19.0. The van der Waals surface area contributed by atoms with Gasteiger partial charge in [-0.05, 0) is 12.8 Å². The molecule has 0 heterocycles. The maximum Gasteiger partial charge on any atom is 0.307 e. The van der Waals surface area contributed by atoms with E-state index in [1.807, 2.05) is 6.92 Å². The summed E-state index contributed by atoms with van der Waals surface area (Å²) in [6.07, 6.45) is 1.58. The third kappa shape index (κ3) is 7.88. The molecule has 0 aliphatic heterocycles. The van der Waals surface area contributed by atoms with Gasteiger partial charge in [0.25, 0.3) is 6.65 Å². The molecule has 0 spiro atoms. The maximum atomic E-state index is 12.9. The van der Waals surface area contributed by atoms with Gasteiger partial charge in [-0.3, -0.25) is 18.8 Å². The monoisotopic (exact) mass is 338 g/mol. The summed E-state index contributed by atoms with van der Waals surface area (Å²) >= 11 is 1.27. The van der Waals surface area contributed by atoms with E-state index in [-0.39, 0.29) is 18.9 Å². The van der Waals surface area contributed by atoms with E-state index >= 15 is 0 Å². The zero-order valence-corrected chi connectivity index (χ0v) is 15.0. The van der Waals surface area contributed by atoms with E-state index in [1.54, 1.807) is 6.92 Å². The van der Waals surface area contributed by atoms with Crippen molar-refractivity contribution in [1.82, 2.24) is 9.76 Å². The van der Waals surface area contributed by atoms with E-state index in [2.05, 4.69) is 18.9 Å². The predicted octanol–water partition coefficient (Wildman–Crippen LogP) is 2.89. The van der Waals surface area contributed by atoms with Gasteiger partial charge in [-0.25, -0.2) is 5.09 Å². The number of nitrogens with zero attached hydrogens (tertiary/aromatic N) is 1. The normalized spacial score (nSPS) is 15.0. The zero-order valence-electron chi connectivity index (χ0n) is 13.3. The molecule has 1 N–H and O–H groups in total. The highest BCUT2D eigenvalue weighted by Crippen LogP contribution is 2.57. The quantitative estimate of drug-likeness (QED) is 0.335. The number of nitrogens with one attached hydrogen (secondary N) is 1. The Balaban J connectivity index is 4.72. The molecule has 0 radical (unpaired) electrons. The van der Waals surface area contributed by atoms with Crippen molar-refractivity contribution < 1.29 is 18.9 Å². The minimum Gasteiger partial charge on any atom is -0.466 e. The van der Waals surface area contributed by atoms with Gasteiger partial charge in [0, 0.05) is 18.8 Å². The summed E-state index contributed by atoms with van der Waals surface area (Å²) in [4.78, 5) is 22.6. The first-order valence-electron chi connectivity index (χ1n) is 7.31. The molecular weight excluding hydrogens is 311 g/mol. The molecule has 1 amide bonds. The number of hydrogen-bond donors (Lipinski definition) is 1. The van der Waals surface area contributed by atoms with Crippen LogP contribution in [0, 0.1) is 5.92 Å². The second-order valence-corrected chi connectivity index (χ2v) is 9.39. The van der Waals surface area contributed by atoms with Gasteiger partial charge >= 0.3 is 5.97 Å². The minimum absolute atomic E-state index is 0.0475. The fourth-order valence-electron chi connectivity index (χ4n) is 1.44. The topological polar surface area (TPSA) is 75.7 Å². The average Bonchev–Trinajstić information content (AvgIpc) is 2.46. The second kappa shape index (κ2) is 11.1. The largest absolute Gasteiger partial charge is 0.466 e. The van der Waals surface area contributed by atoms with Gasteiger partial charge in [-0.1, -0.05) is 38.6 Å². The van der Waals surface area contributed by atoms with E-state index in [0.717, 1.165) is 6.42 Å². The highest BCUT2D eigenvalue weighted by atomic mass is 32.7. The molecule has 0 saturated heterocycles. The summed E-state index contributed by atoms with van der Waals surface area (Å²) in [5.41, 5.74) is 0. The number of rotatable bonds is 12. The number of ether oxygens (including phenoxy) is 1. The van der Waals surface area contributed by atoms with Crippen LogP contribution in [-0.4, -0.2) is 42.5 Å². The summed E-state index contributed by atoms with van der Waals surface area (Å²) in [5, 5.41) is 2.91. The molecule has 0 saturated carbocycles. The van der Waals surface area contributed by atoms with Gasteiger partial charge in [-0.15, -0.1) is 0 Å². The van der Waals surface area contributed by atoms with Gasteiger partial charge in [0.1, 0.15) is 0 Å². The molecule has 2 unspecified atom stereocenters. The van der Waals surface area contributed by atoms with E-state index in [9.17, 15) is 14.2 Å². The Labute approximate surface area is 131 Å². The van der Waals surface area contributed by atoms with Crippen molar-refractivity contribution in [1.29, 1.82) is 0 Å². The van der Waals surface area contributed by atoms with E-state index in [1.165, 1.54) is 16.1 Å². The summed E-state index contributed by atoms with van der Waals surface area (Å²) in [5.74, 6) is 0.727. The molecule has 8 heteroatoms. The molecule has 0 aromatic rings. The van der Waals surface area contributed by atoms with Crippen LogP contribution in [0.15, 0.2) is 0 Å². The van der Waals surface area contributed by atoms with Crippen molar-refractivity contribution in [3.63, 3.8) is 0 Å². The lowest BCUT2D eigenvalue weighted by atomic mass is 10.2. The van der Waals surface area contributed by atoms with Crippen LogP contribution in [0.3, 0.4) is 0 Å². The predicted molar refractivity (Wildman–Crippen MR) is 87.2 cm³/mol. The van der Waals surface area contributed by atoms with Crippen LogP contribution in [0.4, 0.5) is 0 Å². The third-order valence-corrected chi connectivity index (χ3v) is 8.17. The van der Waals surface area contributed by atoms with Crippen LogP contribution in [0.5, 0.6) is 0 Å². The van der Waals surface area contributed by atoms with Crippen LogP contribution in [0.25, 0.3) is 0 Å². The second-order valence-electron chi connectivity index (χ2n) is 4.66. The minimum atomic E-state index is -3.05. The highest BCUT2D eigenvalue weighted by Gasteiger charge is 2.30. The van der Waals surface area contributed by atoms with Crippen molar-refractivity contribution >= 4 is 30.4 Å². The SMILES string of the molecule is CCNP(=O)(SCC(C)CC)N(C=O)CCC(=O)OCC. The lowest BCUT2D eigenvalue weighted by Gasteiger charge is -2.28. The fourth-order valence-corrected chi connectivity index (χ4v) is 6.28. The number of carbonyl (C=O) groups excluding carboxylic acids is 2. The zero-order chi connectivity index (χ0) is 16.3. The van der Waals surface area contributed by atoms with Crippen LogP contribution in [0.1, 0.15) is 40.5 Å². The lowest BCUT2D eigenvalue weighted by molar-refractivity contribution is -0.143. The van der Waals surface area contributed by atoms with Crippen molar-refractivity contribution in [3.05, 3.63) is 0 Å². The van der Waals surface area contributed by atoms with E-state index < -0.39 is 6.65 Å². The first kappa shape index (κ1) is 20.5. The number of amides is 1. The first-order valence-corrected chi connectivity index (χ1v) is 10.6. The molecule has 0 aliphatic rings. The van der Waals surface area contributed by atoms with Crippen molar-refractivity contribution in [2.75, 3.05) is 25.4 Å². The molecule has 2 atom stereocenters. The standard InChI is InChI=1S/C13H27N2O4PS/c1-5-12(4)10-21-20(18,14-6-2)15(11-16)9-8-13(17)19-7-3/h11-12H,5-10H2,1-4H3,(H,14,18). The average molecular weight is 338 g/mol.